The van der Waals surface area contributed by atoms with Crippen molar-refractivity contribution in [3.8, 4) is 0 Å². The van der Waals surface area contributed by atoms with E-state index < -0.39 is 11.5 Å². The standard InChI is InChI=1S/C17H11BrN2O3/c18-13-7-5-11(6-8-13)10-19-20-16(21)14-9-12-3-1-2-4-15(12)23-17(14)22/h1-10H,(H,20,21)/b19-10+. The molecule has 0 saturated carbocycles. The Kier molecular flexibility index (Phi) is 4.34. The molecule has 5 nitrogen and oxygen atoms in total. The number of benzene rings is 2. The van der Waals surface area contributed by atoms with Crippen LogP contribution < -0.4 is 11.1 Å². The number of carbonyl (C=O) groups excluding carboxylic acids is 1. The van der Waals surface area contributed by atoms with Gasteiger partial charge in [-0.25, -0.2) is 10.2 Å². The van der Waals surface area contributed by atoms with Crippen molar-refractivity contribution in [3.63, 3.8) is 0 Å². The van der Waals surface area contributed by atoms with E-state index in [1.54, 1.807) is 24.3 Å². The third kappa shape index (κ3) is 3.54. The maximum absolute atomic E-state index is 12.1. The fraction of sp³-hybridized carbons (Fsp3) is 0. The Bertz CT molecular complexity index is 946. The molecule has 23 heavy (non-hydrogen) atoms. The topological polar surface area (TPSA) is 71.7 Å². The zero-order chi connectivity index (χ0) is 16.2. The van der Waals surface area contributed by atoms with E-state index in [-0.39, 0.29) is 5.56 Å². The van der Waals surface area contributed by atoms with Crippen LogP contribution in [0.4, 0.5) is 0 Å². The number of fused-ring (bicyclic) bond motifs is 1. The monoisotopic (exact) mass is 370 g/mol. The van der Waals surface area contributed by atoms with Gasteiger partial charge in [-0.05, 0) is 29.8 Å². The van der Waals surface area contributed by atoms with Crippen molar-refractivity contribution in [2.45, 2.75) is 0 Å². The molecule has 0 unspecified atom stereocenters. The summed E-state index contributed by atoms with van der Waals surface area (Å²) >= 11 is 3.34. The molecule has 114 valence electrons. The highest BCUT2D eigenvalue weighted by molar-refractivity contribution is 9.10. The lowest BCUT2D eigenvalue weighted by atomic mass is 10.2. The quantitative estimate of drug-likeness (QED) is 0.436. The second kappa shape index (κ2) is 6.58. The molecule has 0 aliphatic heterocycles. The summed E-state index contributed by atoms with van der Waals surface area (Å²) in [5, 5.41) is 4.52. The summed E-state index contributed by atoms with van der Waals surface area (Å²) in [7, 11) is 0. The van der Waals surface area contributed by atoms with Crippen LogP contribution >= 0.6 is 15.9 Å². The molecule has 1 N–H and O–H groups in total. The number of nitrogens with one attached hydrogen (secondary N) is 1. The average molecular weight is 371 g/mol. The van der Waals surface area contributed by atoms with Crippen LogP contribution in [0.1, 0.15) is 15.9 Å². The third-order valence-corrected chi connectivity index (χ3v) is 3.66. The Morgan fingerprint density at radius 3 is 2.65 bits per heavy atom. The van der Waals surface area contributed by atoms with Crippen LogP contribution in [0, 0.1) is 0 Å². The van der Waals surface area contributed by atoms with Crippen LogP contribution in [0.2, 0.25) is 0 Å². The fourth-order valence-electron chi connectivity index (χ4n) is 1.99. The van der Waals surface area contributed by atoms with Gasteiger partial charge in [0.05, 0.1) is 6.21 Å². The van der Waals surface area contributed by atoms with Gasteiger partial charge in [0.2, 0.25) is 0 Å². The second-order valence-corrected chi connectivity index (χ2v) is 5.65. The van der Waals surface area contributed by atoms with E-state index in [9.17, 15) is 9.59 Å². The summed E-state index contributed by atoms with van der Waals surface area (Å²) in [6, 6.07) is 15.9. The largest absolute Gasteiger partial charge is 0.422 e. The van der Waals surface area contributed by atoms with E-state index >= 15 is 0 Å². The molecule has 3 aromatic rings. The SMILES string of the molecule is O=C(N/N=C/c1ccc(Br)cc1)c1cc2ccccc2oc1=O. The molecule has 0 fully saturated rings. The molecule has 0 spiro atoms. The van der Waals surface area contributed by atoms with E-state index in [0.717, 1.165) is 10.0 Å². The van der Waals surface area contributed by atoms with Crippen molar-refractivity contribution in [2.75, 3.05) is 0 Å². The maximum Gasteiger partial charge on any atom is 0.349 e. The first-order chi connectivity index (χ1) is 11.1. The first kappa shape index (κ1) is 15.2. The van der Waals surface area contributed by atoms with Gasteiger partial charge in [0.25, 0.3) is 5.91 Å². The smallest absolute Gasteiger partial charge is 0.349 e. The number of hydrogen-bond acceptors (Lipinski definition) is 4. The zero-order valence-corrected chi connectivity index (χ0v) is 13.4. The first-order valence-electron chi connectivity index (χ1n) is 6.75. The summed E-state index contributed by atoms with van der Waals surface area (Å²) in [5.41, 5.74) is 2.80. The van der Waals surface area contributed by atoms with E-state index in [0.29, 0.717) is 11.0 Å². The fourth-order valence-corrected chi connectivity index (χ4v) is 2.26. The molecule has 1 heterocycles. The zero-order valence-electron chi connectivity index (χ0n) is 11.8. The van der Waals surface area contributed by atoms with Crippen LogP contribution in [-0.2, 0) is 0 Å². The van der Waals surface area contributed by atoms with Crippen LogP contribution in [0.5, 0.6) is 0 Å². The molecular weight excluding hydrogens is 360 g/mol. The summed E-state index contributed by atoms with van der Waals surface area (Å²) in [6.07, 6.45) is 1.49. The maximum atomic E-state index is 12.1. The minimum atomic E-state index is -0.694. The number of halogens is 1. The van der Waals surface area contributed by atoms with Crippen molar-refractivity contribution < 1.29 is 9.21 Å². The highest BCUT2D eigenvalue weighted by Gasteiger charge is 2.12. The molecule has 0 aliphatic carbocycles. The Balaban J connectivity index is 1.79. The van der Waals surface area contributed by atoms with Crippen molar-refractivity contribution in [1.29, 1.82) is 0 Å². The lowest BCUT2D eigenvalue weighted by Crippen LogP contribution is -2.24. The summed E-state index contributed by atoms with van der Waals surface area (Å²) in [4.78, 5) is 23.9. The molecule has 2 aromatic carbocycles. The lowest BCUT2D eigenvalue weighted by Gasteiger charge is -2.01. The molecule has 1 aromatic heterocycles. The van der Waals surface area contributed by atoms with E-state index in [2.05, 4.69) is 26.5 Å². The predicted octanol–water partition coefficient (Wildman–Crippen LogP) is 3.32. The number of nitrogens with zero attached hydrogens (tertiary/aromatic N) is 1. The molecule has 6 heteroatoms. The van der Waals surface area contributed by atoms with Gasteiger partial charge in [0.15, 0.2) is 0 Å². The highest BCUT2D eigenvalue weighted by atomic mass is 79.9. The minimum absolute atomic E-state index is 0.0864. The molecule has 0 aliphatic rings. The number of hydrogen-bond donors (Lipinski definition) is 1. The molecule has 3 rings (SSSR count). The molecule has 1 amide bonds. The molecular formula is C17H11BrN2O3. The number of rotatable bonds is 3. The number of para-hydroxylation sites is 1. The Labute approximate surface area is 139 Å². The van der Waals surface area contributed by atoms with Crippen LogP contribution in [0.3, 0.4) is 0 Å². The summed E-state index contributed by atoms with van der Waals surface area (Å²) in [6.45, 7) is 0. The molecule has 0 atom stereocenters. The van der Waals surface area contributed by atoms with Crippen molar-refractivity contribution in [3.05, 3.63) is 80.6 Å². The summed E-state index contributed by atoms with van der Waals surface area (Å²) < 4.78 is 6.07. The lowest BCUT2D eigenvalue weighted by molar-refractivity contribution is 0.0951. The van der Waals surface area contributed by atoms with Crippen LogP contribution in [0.15, 0.2) is 73.4 Å². The Morgan fingerprint density at radius 2 is 1.87 bits per heavy atom. The van der Waals surface area contributed by atoms with E-state index in [1.807, 2.05) is 24.3 Å². The first-order valence-corrected chi connectivity index (χ1v) is 7.55. The normalized spacial score (nSPS) is 11.0. The van der Waals surface area contributed by atoms with E-state index in [4.69, 9.17) is 4.42 Å². The third-order valence-electron chi connectivity index (χ3n) is 3.14. The van der Waals surface area contributed by atoms with Crippen molar-refractivity contribution >= 4 is 39.0 Å². The predicted molar refractivity (Wildman–Crippen MR) is 91.7 cm³/mol. The van der Waals surface area contributed by atoms with Crippen LogP contribution in [0.25, 0.3) is 11.0 Å². The van der Waals surface area contributed by atoms with Gasteiger partial charge in [0.1, 0.15) is 11.1 Å². The summed E-state index contributed by atoms with van der Waals surface area (Å²) in [5.74, 6) is -0.613. The van der Waals surface area contributed by atoms with E-state index in [1.165, 1.54) is 12.3 Å². The minimum Gasteiger partial charge on any atom is -0.422 e. The van der Waals surface area contributed by atoms with Crippen LogP contribution in [-0.4, -0.2) is 12.1 Å². The van der Waals surface area contributed by atoms with Gasteiger partial charge in [0, 0.05) is 9.86 Å². The van der Waals surface area contributed by atoms with Crippen molar-refractivity contribution in [1.82, 2.24) is 5.43 Å². The molecule has 0 saturated heterocycles. The van der Waals surface area contributed by atoms with Gasteiger partial charge >= 0.3 is 5.63 Å². The second-order valence-electron chi connectivity index (χ2n) is 4.74. The van der Waals surface area contributed by atoms with Gasteiger partial charge in [-0.2, -0.15) is 5.10 Å². The number of amides is 1. The Hall–Kier alpha value is -2.73. The van der Waals surface area contributed by atoms with Gasteiger partial charge in [-0.1, -0.05) is 46.3 Å². The molecule has 0 radical (unpaired) electrons. The van der Waals surface area contributed by atoms with Crippen molar-refractivity contribution in [2.24, 2.45) is 5.10 Å². The Morgan fingerprint density at radius 1 is 1.13 bits per heavy atom. The molecule has 0 bridgehead atoms. The van der Waals surface area contributed by atoms with Gasteiger partial charge in [-0.15, -0.1) is 0 Å². The highest BCUT2D eigenvalue weighted by Crippen LogP contribution is 2.12. The van der Waals surface area contributed by atoms with Gasteiger partial charge < -0.3 is 4.42 Å². The number of carbonyl (C=O) groups is 1. The average Bonchev–Trinajstić information content (AvgIpc) is 2.56. The van der Waals surface area contributed by atoms with Gasteiger partial charge in [-0.3, -0.25) is 4.79 Å². The number of hydrazone groups is 1.